The minimum absolute atomic E-state index is 0.269. The molecule has 0 spiro atoms. The maximum Gasteiger partial charge on any atom is 0.0709 e. The molecule has 21 heavy (non-hydrogen) atoms. The highest BCUT2D eigenvalue weighted by Crippen LogP contribution is 2.31. The van der Waals surface area contributed by atoms with Gasteiger partial charge < -0.3 is 15.3 Å². The number of β-amino-alcohol motifs (C(OH)–C–C–N with tert-alkyl or cyclic N) is 1. The predicted molar refractivity (Wildman–Crippen MR) is 89.2 cm³/mol. The van der Waals surface area contributed by atoms with Gasteiger partial charge >= 0.3 is 0 Å². The average molecular weight is 312 g/mol. The highest BCUT2D eigenvalue weighted by molar-refractivity contribution is 6.34. The highest BCUT2D eigenvalue weighted by atomic mass is 35.5. The Labute approximate surface area is 132 Å². The van der Waals surface area contributed by atoms with E-state index >= 15 is 0 Å². The summed E-state index contributed by atoms with van der Waals surface area (Å²) in [6.07, 6.45) is 1.47. The zero-order chi connectivity index (χ0) is 15.2. The minimum atomic E-state index is -0.269. The monoisotopic (exact) mass is 311 g/mol. The van der Waals surface area contributed by atoms with Gasteiger partial charge in [0.15, 0.2) is 0 Å². The number of nitrogens with zero attached hydrogens (tertiary/aromatic N) is 2. The summed E-state index contributed by atoms with van der Waals surface area (Å²) in [5, 5.41) is 14.0. The van der Waals surface area contributed by atoms with Crippen molar-refractivity contribution in [2.75, 3.05) is 44.8 Å². The molecule has 0 radical (unpaired) electrons. The van der Waals surface area contributed by atoms with Gasteiger partial charge in [0.25, 0.3) is 0 Å². The summed E-state index contributed by atoms with van der Waals surface area (Å²) >= 11 is 6.49. The van der Waals surface area contributed by atoms with Crippen LogP contribution in [-0.4, -0.2) is 56.0 Å². The molecule has 1 aliphatic heterocycles. The number of hydrogen-bond donors (Lipinski definition) is 2. The number of benzene rings is 1. The first-order valence-electron chi connectivity index (χ1n) is 7.73. The largest absolute Gasteiger partial charge is 0.392 e. The van der Waals surface area contributed by atoms with Gasteiger partial charge in [-0.2, -0.15) is 0 Å². The third-order valence-corrected chi connectivity index (χ3v) is 4.47. The predicted octanol–water partition coefficient (Wildman–Crippen LogP) is 1.95. The molecule has 1 unspecified atom stereocenters. The molecule has 118 valence electrons. The molecule has 5 heteroatoms. The van der Waals surface area contributed by atoms with Crippen LogP contribution in [-0.2, 0) is 6.42 Å². The number of aliphatic hydroxyl groups is 1. The third-order valence-electron chi connectivity index (χ3n) is 4.03. The standard InChI is InChI=1S/C16H26ClN3O/c1-3-13-5-4-6-15(16(13)17)20-10-9-19(12-20)11-14(21)7-8-18-2/h4-6,14,18,21H,3,7-12H2,1-2H3. The Kier molecular flexibility index (Phi) is 6.30. The SMILES string of the molecule is CCc1cccc(N2CCN(CC(O)CCNC)C2)c1Cl. The lowest BCUT2D eigenvalue weighted by atomic mass is 10.1. The number of rotatable bonds is 7. The van der Waals surface area contributed by atoms with E-state index in [9.17, 15) is 5.11 Å². The van der Waals surface area contributed by atoms with Crippen LogP contribution < -0.4 is 10.2 Å². The Morgan fingerprint density at radius 1 is 1.38 bits per heavy atom. The van der Waals surface area contributed by atoms with Crippen molar-refractivity contribution in [3.63, 3.8) is 0 Å². The first kappa shape index (κ1) is 16.6. The maximum atomic E-state index is 10.0. The fourth-order valence-corrected chi connectivity index (χ4v) is 3.15. The maximum absolute atomic E-state index is 10.0. The van der Waals surface area contributed by atoms with Gasteiger partial charge in [-0.25, -0.2) is 0 Å². The van der Waals surface area contributed by atoms with Gasteiger partial charge in [0.05, 0.1) is 23.5 Å². The Morgan fingerprint density at radius 3 is 2.90 bits per heavy atom. The van der Waals surface area contributed by atoms with E-state index in [0.717, 1.165) is 56.4 Å². The lowest BCUT2D eigenvalue weighted by molar-refractivity contribution is 0.118. The van der Waals surface area contributed by atoms with Gasteiger partial charge in [-0.05, 0) is 38.1 Å². The summed E-state index contributed by atoms with van der Waals surface area (Å²) in [6.45, 7) is 6.48. The lowest BCUT2D eigenvalue weighted by Crippen LogP contribution is -2.33. The molecular formula is C16H26ClN3O. The van der Waals surface area contributed by atoms with Crippen LogP contribution >= 0.6 is 11.6 Å². The van der Waals surface area contributed by atoms with Crippen molar-refractivity contribution in [2.24, 2.45) is 0 Å². The Balaban J connectivity index is 1.93. The van der Waals surface area contributed by atoms with Gasteiger partial charge in [0.1, 0.15) is 0 Å². The summed E-state index contributed by atoms with van der Waals surface area (Å²) in [6, 6.07) is 6.24. The quantitative estimate of drug-likeness (QED) is 0.807. The molecule has 1 fully saturated rings. The van der Waals surface area contributed by atoms with Crippen molar-refractivity contribution in [1.29, 1.82) is 0 Å². The summed E-state index contributed by atoms with van der Waals surface area (Å²) in [5.41, 5.74) is 2.31. The van der Waals surface area contributed by atoms with Crippen molar-refractivity contribution in [3.8, 4) is 0 Å². The summed E-state index contributed by atoms with van der Waals surface area (Å²) in [7, 11) is 1.91. The molecule has 1 aromatic carbocycles. The van der Waals surface area contributed by atoms with Crippen LogP contribution in [0.1, 0.15) is 18.9 Å². The number of anilines is 1. The molecule has 1 saturated heterocycles. The number of nitrogens with one attached hydrogen (secondary N) is 1. The molecule has 1 atom stereocenters. The fraction of sp³-hybridized carbons (Fsp3) is 0.625. The molecule has 2 rings (SSSR count). The van der Waals surface area contributed by atoms with Crippen molar-refractivity contribution in [2.45, 2.75) is 25.9 Å². The van der Waals surface area contributed by atoms with Crippen LogP contribution in [0, 0.1) is 0 Å². The number of aryl methyl sites for hydroxylation is 1. The first-order chi connectivity index (χ1) is 10.2. The molecule has 1 aromatic rings. The van der Waals surface area contributed by atoms with Gasteiger partial charge in [-0.1, -0.05) is 30.7 Å². The molecule has 1 heterocycles. The molecular weight excluding hydrogens is 286 g/mol. The van der Waals surface area contributed by atoms with Gasteiger partial charge in [-0.15, -0.1) is 0 Å². The molecule has 0 bridgehead atoms. The van der Waals surface area contributed by atoms with Crippen LogP contribution in [0.25, 0.3) is 0 Å². The molecule has 2 N–H and O–H groups in total. The smallest absolute Gasteiger partial charge is 0.0709 e. The van der Waals surface area contributed by atoms with Crippen molar-refractivity contribution in [1.82, 2.24) is 10.2 Å². The second-order valence-electron chi connectivity index (χ2n) is 5.63. The second kappa shape index (κ2) is 7.99. The summed E-state index contributed by atoms with van der Waals surface area (Å²) < 4.78 is 0. The Bertz CT molecular complexity index is 455. The highest BCUT2D eigenvalue weighted by Gasteiger charge is 2.23. The molecule has 0 aliphatic carbocycles. The van der Waals surface area contributed by atoms with Gasteiger partial charge in [-0.3, -0.25) is 4.90 Å². The topological polar surface area (TPSA) is 38.7 Å². The van der Waals surface area contributed by atoms with E-state index in [4.69, 9.17) is 11.6 Å². The van der Waals surface area contributed by atoms with Crippen LogP contribution in [0.5, 0.6) is 0 Å². The lowest BCUT2D eigenvalue weighted by Gasteiger charge is -2.23. The molecule has 0 saturated carbocycles. The summed E-state index contributed by atoms with van der Waals surface area (Å²) in [4.78, 5) is 4.58. The number of halogens is 1. The van der Waals surface area contributed by atoms with E-state index in [1.165, 1.54) is 5.56 Å². The van der Waals surface area contributed by atoms with Crippen molar-refractivity contribution < 1.29 is 5.11 Å². The van der Waals surface area contributed by atoms with E-state index < -0.39 is 0 Å². The third kappa shape index (κ3) is 4.33. The molecule has 0 aromatic heterocycles. The van der Waals surface area contributed by atoms with Crippen molar-refractivity contribution >= 4 is 17.3 Å². The Hall–Kier alpha value is -0.810. The normalized spacial score (nSPS) is 17.4. The second-order valence-corrected chi connectivity index (χ2v) is 6.01. The van der Waals surface area contributed by atoms with Crippen LogP contribution in [0.4, 0.5) is 5.69 Å². The summed E-state index contributed by atoms with van der Waals surface area (Å²) in [5.74, 6) is 0. The van der Waals surface area contributed by atoms with E-state index in [1.54, 1.807) is 0 Å². The van der Waals surface area contributed by atoms with Crippen LogP contribution in [0.2, 0.25) is 5.02 Å². The van der Waals surface area contributed by atoms with Gasteiger partial charge in [0, 0.05) is 19.6 Å². The van der Waals surface area contributed by atoms with Crippen LogP contribution in [0.3, 0.4) is 0 Å². The zero-order valence-electron chi connectivity index (χ0n) is 13.0. The van der Waals surface area contributed by atoms with E-state index in [0.29, 0.717) is 0 Å². The molecule has 4 nitrogen and oxygen atoms in total. The van der Waals surface area contributed by atoms with Crippen molar-refractivity contribution in [3.05, 3.63) is 28.8 Å². The number of hydrogen-bond acceptors (Lipinski definition) is 4. The van der Waals surface area contributed by atoms with Crippen LogP contribution in [0.15, 0.2) is 18.2 Å². The number of aliphatic hydroxyl groups excluding tert-OH is 1. The first-order valence-corrected chi connectivity index (χ1v) is 8.10. The fourth-order valence-electron chi connectivity index (χ4n) is 2.77. The van der Waals surface area contributed by atoms with E-state index in [-0.39, 0.29) is 6.10 Å². The average Bonchev–Trinajstić information content (AvgIpc) is 2.93. The van der Waals surface area contributed by atoms with E-state index in [1.807, 2.05) is 7.05 Å². The van der Waals surface area contributed by atoms with Gasteiger partial charge in [0.2, 0.25) is 0 Å². The van der Waals surface area contributed by atoms with E-state index in [2.05, 4.69) is 40.2 Å². The minimum Gasteiger partial charge on any atom is -0.392 e. The zero-order valence-corrected chi connectivity index (χ0v) is 13.7. The molecule has 0 amide bonds. The Morgan fingerprint density at radius 2 is 2.19 bits per heavy atom. The molecule has 1 aliphatic rings.